The van der Waals surface area contributed by atoms with Crippen molar-refractivity contribution in [3.05, 3.63) is 29.6 Å². The topological polar surface area (TPSA) is 86.6 Å². The van der Waals surface area contributed by atoms with Gasteiger partial charge in [-0.25, -0.2) is 4.39 Å². The molecule has 1 unspecified atom stereocenters. The van der Waals surface area contributed by atoms with Gasteiger partial charge in [-0.3, -0.25) is 0 Å². The summed E-state index contributed by atoms with van der Waals surface area (Å²) in [5.41, 5.74) is 1.80. The van der Waals surface area contributed by atoms with E-state index in [9.17, 15) is 9.50 Å². The van der Waals surface area contributed by atoms with Crippen molar-refractivity contribution in [2.24, 2.45) is 0 Å². The van der Waals surface area contributed by atoms with E-state index in [2.05, 4.69) is 30.1 Å². The van der Waals surface area contributed by atoms with Crippen LogP contribution in [0.4, 0.5) is 22.0 Å². The van der Waals surface area contributed by atoms with Gasteiger partial charge < -0.3 is 25.0 Å². The molecule has 1 aromatic carbocycles. The minimum absolute atomic E-state index is 0.239. The smallest absolute Gasteiger partial charge is 0.322 e. The lowest BCUT2D eigenvalue weighted by Gasteiger charge is -2.34. The van der Waals surface area contributed by atoms with Crippen LogP contribution in [0, 0.1) is 5.82 Å². The molecule has 8 nitrogen and oxygen atoms in total. The van der Waals surface area contributed by atoms with Crippen LogP contribution in [0.3, 0.4) is 0 Å². The number of nitrogens with zero attached hydrogens (tertiary/aromatic N) is 5. The molecule has 174 valence electrons. The van der Waals surface area contributed by atoms with Crippen LogP contribution >= 0.6 is 0 Å². The number of rotatable bonds is 6. The molecule has 2 aromatic rings. The second-order valence-electron chi connectivity index (χ2n) is 8.63. The quantitative estimate of drug-likeness (QED) is 0.700. The summed E-state index contributed by atoms with van der Waals surface area (Å²) in [7, 11) is 1.55. The predicted octanol–water partition coefficient (Wildman–Crippen LogP) is 3.53. The van der Waals surface area contributed by atoms with Crippen molar-refractivity contribution >= 4 is 17.6 Å². The number of hydrogen-bond acceptors (Lipinski definition) is 8. The van der Waals surface area contributed by atoms with E-state index < -0.39 is 0 Å². The normalized spacial score (nSPS) is 18.9. The summed E-state index contributed by atoms with van der Waals surface area (Å²) in [6.07, 6.45) is 5.83. The summed E-state index contributed by atoms with van der Waals surface area (Å²) in [6, 6.07) is 4.89. The molecule has 0 saturated carbocycles. The SMILES string of the molecule is COc1nc(NC(C)c2cc(F)ccc2N2CCC(O)CC2)nc(N2CCCCCC2)n1. The van der Waals surface area contributed by atoms with Crippen LogP contribution in [0.15, 0.2) is 18.2 Å². The van der Waals surface area contributed by atoms with Gasteiger partial charge in [0.2, 0.25) is 11.9 Å². The van der Waals surface area contributed by atoms with Crippen molar-refractivity contribution in [1.29, 1.82) is 0 Å². The van der Waals surface area contributed by atoms with Gasteiger partial charge in [-0.05, 0) is 50.8 Å². The monoisotopic (exact) mass is 444 g/mol. The summed E-state index contributed by atoms with van der Waals surface area (Å²) in [5, 5.41) is 13.2. The van der Waals surface area contributed by atoms with Gasteiger partial charge in [0, 0.05) is 37.4 Å². The van der Waals surface area contributed by atoms with Crippen molar-refractivity contribution in [2.45, 2.75) is 57.6 Å². The molecule has 0 radical (unpaired) electrons. The van der Waals surface area contributed by atoms with E-state index in [1.807, 2.05) is 13.0 Å². The fraction of sp³-hybridized carbons (Fsp3) is 0.609. The average molecular weight is 445 g/mol. The first-order valence-electron chi connectivity index (χ1n) is 11.6. The first-order chi connectivity index (χ1) is 15.5. The van der Waals surface area contributed by atoms with E-state index in [0.717, 1.165) is 50.3 Å². The molecule has 2 N–H and O–H groups in total. The second-order valence-corrected chi connectivity index (χ2v) is 8.63. The highest BCUT2D eigenvalue weighted by Crippen LogP contribution is 2.31. The third-order valence-corrected chi connectivity index (χ3v) is 6.28. The molecule has 0 aliphatic carbocycles. The maximum Gasteiger partial charge on any atom is 0.322 e. The van der Waals surface area contributed by atoms with E-state index >= 15 is 0 Å². The number of halogens is 1. The molecule has 2 aliphatic rings. The molecule has 0 amide bonds. The molecular weight excluding hydrogens is 411 g/mol. The Morgan fingerprint density at radius 2 is 1.75 bits per heavy atom. The highest BCUT2D eigenvalue weighted by Gasteiger charge is 2.23. The van der Waals surface area contributed by atoms with Crippen molar-refractivity contribution in [2.75, 3.05) is 48.4 Å². The third kappa shape index (κ3) is 5.38. The molecule has 1 atom stereocenters. The van der Waals surface area contributed by atoms with Crippen molar-refractivity contribution in [1.82, 2.24) is 15.0 Å². The highest BCUT2D eigenvalue weighted by molar-refractivity contribution is 5.57. The highest BCUT2D eigenvalue weighted by atomic mass is 19.1. The Hall–Kier alpha value is -2.68. The van der Waals surface area contributed by atoms with Gasteiger partial charge in [0.05, 0.1) is 19.3 Å². The van der Waals surface area contributed by atoms with Crippen LogP contribution in [0.25, 0.3) is 0 Å². The molecule has 3 heterocycles. The lowest BCUT2D eigenvalue weighted by molar-refractivity contribution is 0.145. The zero-order valence-electron chi connectivity index (χ0n) is 18.9. The van der Waals surface area contributed by atoms with Gasteiger partial charge in [0.1, 0.15) is 5.82 Å². The number of nitrogens with one attached hydrogen (secondary N) is 1. The minimum atomic E-state index is -0.284. The molecule has 9 heteroatoms. The first kappa shape index (κ1) is 22.5. The van der Waals surface area contributed by atoms with Crippen LogP contribution < -0.4 is 19.9 Å². The maximum atomic E-state index is 14.2. The van der Waals surface area contributed by atoms with Gasteiger partial charge in [-0.15, -0.1) is 0 Å². The molecule has 32 heavy (non-hydrogen) atoms. The fourth-order valence-corrected chi connectivity index (χ4v) is 4.45. The van der Waals surface area contributed by atoms with Crippen molar-refractivity contribution in [3.63, 3.8) is 0 Å². The number of benzene rings is 1. The maximum absolute atomic E-state index is 14.2. The summed E-state index contributed by atoms with van der Waals surface area (Å²) >= 11 is 0. The predicted molar refractivity (Wildman–Crippen MR) is 123 cm³/mol. The van der Waals surface area contributed by atoms with Gasteiger partial charge in [-0.1, -0.05) is 12.8 Å². The minimum Gasteiger partial charge on any atom is -0.467 e. The Morgan fingerprint density at radius 3 is 2.44 bits per heavy atom. The number of piperidine rings is 1. The average Bonchev–Trinajstić information content (AvgIpc) is 3.09. The molecule has 0 bridgehead atoms. The van der Waals surface area contributed by atoms with Gasteiger partial charge in [0.15, 0.2) is 0 Å². The molecule has 1 aromatic heterocycles. The van der Waals surface area contributed by atoms with Crippen LogP contribution in [0.2, 0.25) is 0 Å². The van der Waals surface area contributed by atoms with Crippen LogP contribution in [-0.2, 0) is 0 Å². The Bertz CT molecular complexity index is 898. The summed E-state index contributed by atoms with van der Waals surface area (Å²) < 4.78 is 19.5. The second kappa shape index (κ2) is 10.3. The number of hydrogen-bond donors (Lipinski definition) is 2. The van der Waals surface area contributed by atoms with Crippen LogP contribution in [0.1, 0.15) is 57.1 Å². The Balaban J connectivity index is 1.57. The Kier molecular flexibility index (Phi) is 7.24. The van der Waals surface area contributed by atoms with Gasteiger partial charge in [0.25, 0.3) is 0 Å². The van der Waals surface area contributed by atoms with Gasteiger partial charge in [-0.2, -0.15) is 15.0 Å². The summed E-state index contributed by atoms with van der Waals surface area (Å²) in [4.78, 5) is 17.9. The molecule has 4 rings (SSSR count). The van der Waals surface area contributed by atoms with Crippen LogP contribution in [-0.4, -0.2) is 59.5 Å². The molecule has 2 fully saturated rings. The zero-order chi connectivity index (χ0) is 22.5. The summed E-state index contributed by atoms with van der Waals surface area (Å²) in [5.74, 6) is 0.735. The Labute approximate surface area is 188 Å². The fourth-order valence-electron chi connectivity index (χ4n) is 4.45. The molecule has 2 aliphatic heterocycles. The van der Waals surface area contributed by atoms with E-state index in [4.69, 9.17) is 4.74 Å². The number of aliphatic hydroxyl groups is 1. The third-order valence-electron chi connectivity index (χ3n) is 6.28. The number of ether oxygens (including phenoxy) is 1. The standard InChI is InChI=1S/C23H33FN6O2/c1-16(19-15-17(24)7-8-20(19)29-13-9-18(31)10-14-29)25-21-26-22(28-23(27-21)32-2)30-11-5-3-4-6-12-30/h7-8,15-16,18,31H,3-6,9-14H2,1-2H3,(H,25,26,27,28). The van der Waals surface area contributed by atoms with Gasteiger partial charge >= 0.3 is 6.01 Å². The molecule has 0 spiro atoms. The van der Waals surface area contributed by atoms with E-state index in [1.54, 1.807) is 13.2 Å². The van der Waals surface area contributed by atoms with Crippen molar-refractivity contribution in [3.8, 4) is 6.01 Å². The number of aliphatic hydroxyl groups excluding tert-OH is 1. The van der Waals surface area contributed by atoms with E-state index in [-0.39, 0.29) is 24.0 Å². The van der Waals surface area contributed by atoms with Crippen molar-refractivity contribution < 1.29 is 14.2 Å². The lowest BCUT2D eigenvalue weighted by atomic mass is 10.0. The molecular formula is C23H33FN6O2. The number of aromatic nitrogens is 3. The Morgan fingerprint density at radius 1 is 1.03 bits per heavy atom. The van der Waals surface area contributed by atoms with E-state index in [0.29, 0.717) is 24.7 Å². The molecule has 2 saturated heterocycles. The summed E-state index contributed by atoms with van der Waals surface area (Å²) in [6.45, 7) is 5.28. The zero-order valence-corrected chi connectivity index (χ0v) is 18.9. The first-order valence-corrected chi connectivity index (χ1v) is 11.6. The largest absolute Gasteiger partial charge is 0.467 e. The lowest BCUT2D eigenvalue weighted by Crippen LogP contribution is -2.36. The van der Waals surface area contributed by atoms with E-state index in [1.165, 1.54) is 18.9 Å². The van der Waals surface area contributed by atoms with Crippen LogP contribution in [0.5, 0.6) is 6.01 Å². The number of methoxy groups -OCH3 is 1. The number of anilines is 3.